The standard InChI is InChI=1S/C30H31F2N3O3/c1-20(2)38-27-12-4-7-22(15-27)19-33-14-13-30(18-21(33)3)28(36)34(25-10-5-8-23(31)16-25)29(37)35(30)26-11-6-9-24(32)17-26/h4-12,15-17,20-21H,13-14,18-19H2,1-3H3/t21-,30+/m0/s1. The fourth-order valence-electron chi connectivity index (χ4n) is 5.61. The summed E-state index contributed by atoms with van der Waals surface area (Å²) in [6, 6.07) is 18.4. The number of benzene rings is 3. The van der Waals surface area contributed by atoms with E-state index < -0.39 is 29.1 Å². The minimum atomic E-state index is -1.21. The highest BCUT2D eigenvalue weighted by atomic mass is 19.1. The van der Waals surface area contributed by atoms with Gasteiger partial charge in [-0.05, 0) is 87.7 Å². The quantitative estimate of drug-likeness (QED) is 0.367. The number of imide groups is 1. The van der Waals surface area contributed by atoms with Crippen molar-refractivity contribution in [3.05, 3.63) is 90.0 Å². The van der Waals surface area contributed by atoms with Gasteiger partial charge < -0.3 is 4.74 Å². The third kappa shape index (κ3) is 4.76. The molecule has 0 aromatic heterocycles. The Kier molecular flexibility index (Phi) is 6.92. The van der Waals surface area contributed by atoms with E-state index in [-0.39, 0.29) is 17.8 Å². The normalized spacial score (nSPS) is 22.1. The Labute approximate surface area is 221 Å². The Bertz CT molecular complexity index is 1360. The minimum absolute atomic E-state index is 0.0692. The molecule has 0 aliphatic carbocycles. The molecule has 5 rings (SSSR count). The predicted octanol–water partition coefficient (Wildman–Crippen LogP) is 6.15. The van der Waals surface area contributed by atoms with Crippen molar-refractivity contribution in [2.45, 2.75) is 57.8 Å². The van der Waals surface area contributed by atoms with Crippen LogP contribution in [0.1, 0.15) is 39.2 Å². The van der Waals surface area contributed by atoms with Gasteiger partial charge in [0.25, 0.3) is 5.91 Å². The second kappa shape index (κ2) is 10.2. The second-order valence-corrected chi connectivity index (χ2v) is 10.3. The Morgan fingerprint density at radius 2 is 1.61 bits per heavy atom. The summed E-state index contributed by atoms with van der Waals surface area (Å²) in [5.41, 5.74) is 0.343. The van der Waals surface area contributed by atoms with Crippen LogP contribution in [-0.4, -0.2) is 41.1 Å². The summed E-state index contributed by atoms with van der Waals surface area (Å²) in [5, 5.41) is 0. The number of urea groups is 1. The number of rotatable bonds is 6. The number of likely N-dealkylation sites (tertiary alicyclic amines) is 1. The van der Waals surface area contributed by atoms with Gasteiger partial charge in [-0.2, -0.15) is 0 Å². The van der Waals surface area contributed by atoms with Gasteiger partial charge in [-0.25, -0.2) is 18.5 Å². The van der Waals surface area contributed by atoms with Crippen molar-refractivity contribution in [2.24, 2.45) is 0 Å². The van der Waals surface area contributed by atoms with E-state index in [9.17, 15) is 18.4 Å². The van der Waals surface area contributed by atoms with Crippen LogP contribution in [0.3, 0.4) is 0 Å². The largest absolute Gasteiger partial charge is 0.491 e. The summed E-state index contributed by atoms with van der Waals surface area (Å²) in [7, 11) is 0. The summed E-state index contributed by atoms with van der Waals surface area (Å²) in [4.78, 5) is 32.5. The van der Waals surface area contributed by atoms with Gasteiger partial charge in [-0.15, -0.1) is 0 Å². The van der Waals surface area contributed by atoms with Crippen LogP contribution in [0.5, 0.6) is 5.75 Å². The molecule has 2 heterocycles. The maximum Gasteiger partial charge on any atom is 0.336 e. The van der Waals surface area contributed by atoms with Crippen molar-refractivity contribution in [1.82, 2.24) is 4.90 Å². The Balaban J connectivity index is 1.46. The van der Waals surface area contributed by atoms with Gasteiger partial charge >= 0.3 is 6.03 Å². The molecule has 3 aromatic carbocycles. The number of hydrogen-bond donors (Lipinski definition) is 0. The molecule has 2 aliphatic rings. The molecule has 3 aromatic rings. The van der Waals surface area contributed by atoms with Crippen molar-refractivity contribution in [3.8, 4) is 5.75 Å². The summed E-state index contributed by atoms with van der Waals surface area (Å²) in [6.07, 6.45) is 0.772. The molecule has 2 atom stereocenters. The average Bonchev–Trinajstić information content (AvgIpc) is 3.06. The first-order chi connectivity index (χ1) is 18.2. The average molecular weight is 520 g/mol. The molecule has 0 radical (unpaired) electrons. The number of anilines is 2. The lowest BCUT2D eigenvalue weighted by Gasteiger charge is -2.45. The minimum Gasteiger partial charge on any atom is -0.491 e. The van der Waals surface area contributed by atoms with E-state index in [1.807, 2.05) is 45.0 Å². The number of piperidine rings is 1. The monoisotopic (exact) mass is 519 g/mol. The molecule has 2 saturated heterocycles. The Morgan fingerprint density at radius 1 is 0.947 bits per heavy atom. The zero-order chi connectivity index (χ0) is 27.0. The molecule has 8 heteroatoms. The molecule has 6 nitrogen and oxygen atoms in total. The zero-order valence-corrected chi connectivity index (χ0v) is 21.7. The van der Waals surface area contributed by atoms with Crippen LogP contribution in [0.15, 0.2) is 72.8 Å². The molecule has 0 unspecified atom stereocenters. The fraction of sp³-hybridized carbons (Fsp3) is 0.333. The number of carbonyl (C=O) groups is 2. The Hall–Kier alpha value is -3.78. The van der Waals surface area contributed by atoms with Gasteiger partial charge in [-0.3, -0.25) is 14.6 Å². The SMILES string of the molecule is CC(C)Oc1cccc(CN2CC[C@@]3(C[C@@H]2C)C(=O)N(c2cccc(F)c2)C(=O)N3c2cccc(F)c2)c1. The van der Waals surface area contributed by atoms with Crippen LogP contribution in [0.4, 0.5) is 25.0 Å². The lowest BCUT2D eigenvalue weighted by molar-refractivity contribution is -0.123. The molecule has 1 spiro atoms. The molecule has 0 N–H and O–H groups in total. The van der Waals surface area contributed by atoms with Crippen LogP contribution in [-0.2, 0) is 11.3 Å². The summed E-state index contributed by atoms with van der Waals surface area (Å²) >= 11 is 0. The van der Waals surface area contributed by atoms with Crippen molar-refractivity contribution in [1.29, 1.82) is 0 Å². The number of amides is 3. The first-order valence-corrected chi connectivity index (χ1v) is 12.9. The maximum absolute atomic E-state index is 14.3. The highest BCUT2D eigenvalue weighted by Crippen LogP contribution is 2.44. The molecular formula is C30H31F2N3O3. The van der Waals surface area contributed by atoms with Crippen LogP contribution in [0.2, 0.25) is 0 Å². The number of nitrogens with zero attached hydrogens (tertiary/aromatic N) is 3. The van der Waals surface area contributed by atoms with Crippen molar-refractivity contribution in [3.63, 3.8) is 0 Å². The van der Waals surface area contributed by atoms with E-state index in [0.717, 1.165) is 16.2 Å². The zero-order valence-electron chi connectivity index (χ0n) is 21.7. The van der Waals surface area contributed by atoms with E-state index in [2.05, 4.69) is 4.90 Å². The lowest BCUT2D eigenvalue weighted by atomic mass is 9.81. The topological polar surface area (TPSA) is 53.1 Å². The summed E-state index contributed by atoms with van der Waals surface area (Å²) in [5.74, 6) is -0.668. The fourth-order valence-corrected chi connectivity index (χ4v) is 5.61. The third-order valence-corrected chi connectivity index (χ3v) is 7.27. The van der Waals surface area contributed by atoms with E-state index in [1.165, 1.54) is 47.4 Å². The van der Waals surface area contributed by atoms with Gasteiger partial charge in [0.1, 0.15) is 22.9 Å². The van der Waals surface area contributed by atoms with Crippen LogP contribution >= 0.6 is 0 Å². The van der Waals surface area contributed by atoms with Gasteiger partial charge in [0, 0.05) is 24.8 Å². The first kappa shape index (κ1) is 25.9. The van der Waals surface area contributed by atoms with Gasteiger partial charge in [0.2, 0.25) is 0 Å². The molecule has 198 valence electrons. The van der Waals surface area contributed by atoms with Crippen LogP contribution < -0.4 is 14.5 Å². The third-order valence-electron chi connectivity index (χ3n) is 7.27. The van der Waals surface area contributed by atoms with E-state index in [1.54, 1.807) is 6.07 Å². The van der Waals surface area contributed by atoms with E-state index in [4.69, 9.17) is 4.74 Å². The molecule has 2 aliphatic heterocycles. The number of halogens is 2. The van der Waals surface area contributed by atoms with Crippen LogP contribution in [0.25, 0.3) is 0 Å². The van der Waals surface area contributed by atoms with Gasteiger partial charge in [-0.1, -0.05) is 24.3 Å². The van der Waals surface area contributed by atoms with Gasteiger partial charge in [0.15, 0.2) is 0 Å². The highest BCUT2D eigenvalue weighted by Gasteiger charge is 2.60. The molecule has 0 saturated carbocycles. The smallest absolute Gasteiger partial charge is 0.336 e. The van der Waals surface area contributed by atoms with E-state index in [0.29, 0.717) is 31.6 Å². The predicted molar refractivity (Wildman–Crippen MR) is 142 cm³/mol. The molecule has 0 bridgehead atoms. The second-order valence-electron chi connectivity index (χ2n) is 10.3. The lowest BCUT2D eigenvalue weighted by Crippen LogP contribution is -2.59. The molecular weight excluding hydrogens is 488 g/mol. The number of hydrogen-bond acceptors (Lipinski definition) is 4. The van der Waals surface area contributed by atoms with E-state index >= 15 is 0 Å². The maximum atomic E-state index is 14.3. The summed E-state index contributed by atoms with van der Waals surface area (Å²) in [6.45, 7) is 7.19. The first-order valence-electron chi connectivity index (χ1n) is 12.9. The molecule has 2 fully saturated rings. The van der Waals surface area contributed by atoms with Crippen molar-refractivity contribution < 1.29 is 23.1 Å². The number of carbonyl (C=O) groups excluding carboxylic acids is 2. The highest BCUT2D eigenvalue weighted by molar-refractivity contribution is 6.30. The van der Waals surface area contributed by atoms with Crippen LogP contribution in [0, 0.1) is 11.6 Å². The number of ether oxygens (including phenoxy) is 1. The van der Waals surface area contributed by atoms with Crippen molar-refractivity contribution in [2.75, 3.05) is 16.3 Å². The summed E-state index contributed by atoms with van der Waals surface area (Å²) < 4.78 is 34.2. The van der Waals surface area contributed by atoms with Gasteiger partial charge in [0.05, 0.1) is 11.8 Å². The molecule has 38 heavy (non-hydrogen) atoms. The Morgan fingerprint density at radius 3 is 2.26 bits per heavy atom. The van der Waals surface area contributed by atoms with Crippen molar-refractivity contribution >= 4 is 23.3 Å². The molecule has 3 amide bonds.